The molecule has 0 N–H and O–H groups in total. The van der Waals surface area contributed by atoms with Gasteiger partial charge in [0, 0.05) is 22.8 Å². The molecule has 0 spiro atoms. The highest BCUT2D eigenvalue weighted by molar-refractivity contribution is 6.00. The first-order valence-corrected chi connectivity index (χ1v) is 20.6. The normalized spacial score (nSPS) is 13.9. The van der Waals surface area contributed by atoms with Crippen LogP contribution in [-0.4, -0.2) is 4.98 Å². The summed E-state index contributed by atoms with van der Waals surface area (Å²) < 4.78 is 6.39. The standard InChI is InChI=1S/C57H38N2O/c1-5-18-40(19-6-1)56(41-20-7-2-8-21-41)49-29-15-14-27-46(49)48-36-44(32-33-51(48)56)59(53-38-58-37-39-34-35-60-55(39)53)52-31-17-28-47-45-26-13-16-30-50(45)57(54(47)52,42-22-9-3-10-23-42)43-24-11-4-12-25-43/h1-38H. The van der Waals surface area contributed by atoms with E-state index in [2.05, 4.69) is 211 Å². The fourth-order valence-electron chi connectivity index (χ4n) is 10.7. The Bertz CT molecular complexity index is 3130. The third kappa shape index (κ3) is 4.69. The second kappa shape index (κ2) is 13.4. The van der Waals surface area contributed by atoms with Gasteiger partial charge in [-0.2, -0.15) is 0 Å². The molecule has 8 aromatic carbocycles. The van der Waals surface area contributed by atoms with Crippen molar-refractivity contribution in [2.45, 2.75) is 10.8 Å². The Labute approximate surface area is 349 Å². The molecule has 0 aliphatic heterocycles. The lowest BCUT2D eigenvalue weighted by atomic mass is 9.67. The molecule has 0 fully saturated rings. The van der Waals surface area contributed by atoms with Gasteiger partial charge in [-0.15, -0.1) is 0 Å². The molecule has 0 radical (unpaired) electrons. The molecule has 2 aliphatic carbocycles. The first kappa shape index (κ1) is 34.3. The van der Waals surface area contributed by atoms with E-state index >= 15 is 0 Å². The van der Waals surface area contributed by atoms with Gasteiger partial charge in [-0.3, -0.25) is 4.98 Å². The van der Waals surface area contributed by atoms with Crippen molar-refractivity contribution in [1.82, 2.24) is 4.98 Å². The smallest absolute Gasteiger partial charge is 0.160 e. The van der Waals surface area contributed by atoms with Crippen LogP contribution in [0.2, 0.25) is 0 Å². The molecule has 60 heavy (non-hydrogen) atoms. The van der Waals surface area contributed by atoms with Crippen molar-refractivity contribution in [2.24, 2.45) is 0 Å². The van der Waals surface area contributed by atoms with Gasteiger partial charge in [0.05, 0.1) is 29.0 Å². The van der Waals surface area contributed by atoms with Crippen LogP contribution in [0, 0.1) is 0 Å². The second-order valence-electron chi connectivity index (χ2n) is 15.8. The Morgan fingerprint density at radius 2 is 0.883 bits per heavy atom. The van der Waals surface area contributed by atoms with Crippen LogP contribution in [0.4, 0.5) is 17.1 Å². The predicted molar refractivity (Wildman–Crippen MR) is 243 cm³/mol. The number of benzene rings is 8. The van der Waals surface area contributed by atoms with Crippen molar-refractivity contribution >= 4 is 28.0 Å². The quantitative estimate of drug-likeness (QED) is 0.162. The minimum atomic E-state index is -0.632. The predicted octanol–water partition coefficient (Wildman–Crippen LogP) is 14.0. The zero-order valence-corrected chi connectivity index (χ0v) is 32.7. The molecule has 0 saturated carbocycles. The van der Waals surface area contributed by atoms with Gasteiger partial charge in [-0.05, 0) is 85.5 Å². The zero-order valence-electron chi connectivity index (χ0n) is 32.7. The largest absolute Gasteiger partial charge is 0.462 e. The third-order valence-electron chi connectivity index (χ3n) is 13.0. The van der Waals surface area contributed by atoms with Crippen molar-refractivity contribution in [3.8, 4) is 22.3 Å². The van der Waals surface area contributed by atoms with E-state index in [1.54, 1.807) is 6.26 Å². The number of hydrogen-bond donors (Lipinski definition) is 0. The molecule has 2 heterocycles. The number of fused-ring (bicyclic) bond motifs is 7. The Morgan fingerprint density at radius 3 is 1.50 bits per heavy atom. The molecule has 2 aliphatic rings. The summed E-state index contributed by atoms with van der Waals surface area (Å²) in [6, 6.07) is 77.7. The summed E-state index contributed by atoms with van der Waals surface area (Å²) in [5, 5.41) is 0.949. The summed E-state index contributed by atoms with van der Waals surface area (Å²) >= 11 is 0. The summed E-state index contributed by atoms with van der Waals surface area (Å²) in [7, 11) is 0. The van der Waals surface area contributed by atoms with Gasteiger partial charge in [0.15, 0.2) is 5.58 Å². The highest BCUT2D eigenvalue weighted by atomic mass is 16.3. The molecule has 2 aromatic heterocycles. The zero-order chi connectivity index (χ0) is 39.7. The Kier molecular flexibility index (Phi) is 7.66. The third-order valence-corrected chi connectivity index (χ3v) is 13.0. The molecule has 0 saturated heterocycles. The monoisotopic (exact) mass is 766 g/mol. The van der Waals surface area contributed by atoms with Gasteiger partial charge < -0.3 is 9.32 Å². The number of rotatable bonds is 7. The molecule has 10 aromatic rings. The van der Waals surface area contributed by atoms with Crippen molar-refractivity contribution < 1.29 is 4.42 Å². The summed E-state index contributed by atoms with van der Waals surface area (Å²) in [6.07, 6.45) is 5.61. The van der Waals surface area contributed by atoms with Crippen LogP contribution in [0.5, 0.6) is 0 Å². The molecular formula is C57H38N2O. The number of aromatic nitrogens is 1. The summed E-state index contributed by atoms with van der Waals surface area (Å²) in [5.41, 5.74) is 17.4. The van der Waals surface area contributed by atoms with Crippen molar-refractivity contribution in [3.05, 3.63) is 275 Å². The van der Waals surface area contributed by atoms with Crippen LogP contribution < -0.4 is 4.90 Å². The maximum Gasteiger partial charge on any atom is 0.160 e. The van der Waals surface area contributed by atoms with E-state index in [1.165, 1.54) is 66.8 Å². The molecule has 3 nitrogen and oxygen atoms in total. The van der Waals surface area contributed by atoms with Crippen molar-refractivity contribution in [1.29, 1.82) is 0 Å². The first-order valence-electron chi connectivity index (χ1n) is 20.6. The van der Waals surface area contributed by atoms with Crippen LogP contribution in [0.15, 0.2) is 235 Å². The van der Waals surface area contributed by atoms with Gasteiger partial charge in [-0.25, -0.2) is 0 Å². The van der Waals surface area contributed by atoms with E-state index in [0.29, 0.717) is 0 Å². The number of furan rings is 1. The lowest BCUT2D eigenvalue weighted by molar-refractivity contribution is 0.616. The summed E-state index contributed by atoms with van der Waals surface area (Å²) in [4.78, 5) is 7.25. The Hall–Kier alpha value is -7.75. The highest BCUT2D eigenvalue weighted by Crippen LogP contribution is 2.61. The van der Waals surface area contributed by atoms with Crippen LogP contribution >= 0.6 is 0 Å². The molecular weight excluding hydrogens is 729 g/mol. The van der Waals surface area contributed by atoms with Gasteiger partial charge in [0.2, 0.25) is 0 Å². The van der Waals surface area contributed by atoms with Crippen LogP contribution in [0.3, 0.4) is 0 Å². The fraction of sp³-hybridized carbons (Fsp3) is 0.0351. The van der Waals surface area contributed by atoms with E-state index in [0.717, 1.165) is 28.0 Å². The average molecular weight is 767 g/mol. The van der Waals surface area contributed by atoms with Gasteiger partial charge >= 0.3 is 0 Å². The molecule has 3 heteroatoms. The van der Waals surface area contributed by atoms with E-state index in [9.17, 15) is 0 Å². The summed E-state index contributed by atoms with van der Waals surface area (Å²) in [6.45, 7) is 0. The van der Waals surface area contributed by atoms with Crippen LogP contribution in [-0.2, 0) is 10.8 Å². The maximum atomic E-state index is 6.39. The SMILES string of the molecule is c1ccc(C2(c3ccccc3)c3ccccc3-c3cc(N(c4cccc5c4C(c4ccccc4)(c4ccccc4)c4ccccc4-5)c4cncc5ccoc45)ccc32)cc1. The summed E-state index contributed by atoms with van der Waals surface area (Å²) in [5.74, 6) is 0. The minimum Gasteiger partial charge on any atom is -0.462 e. The van der Waals surface area contributed by atoms with Crippen LogP contribution in [0.1, 0.15) is 44.5 Å². The molecule has 0 unspecified atom stereocenters. The average Bonchev–Trinajstić information content (AvgIpc) is 4.02. The van der Waals surface area contributed by atoms with Gasteiger partial charge in [0.25, 0.3) is 0 Å². The van der Waals surface area contributed by atoms with Gasteiger partial charge in [-0.1, -0.05) is 188 Å². The number of anilines is 3. The van der Waals surface area contributed by atoms with E-state index in [4.69, 9.17) is 9.40 Å². The molecule has 282 valence electrons. The maximum absolute atomic E-state index is 6.39. The lowest BCUT2D eigenvalue weighted by Gasteiger charge is -2.38. The lowest BCUT2D eigenvalue weighted by Crippen LogP contribution is -2.30. The van der Waals surface area contributed by atoms with Gasteiger partial charge in [0.1, 0.15) is 5.69 Å². The van der Waals surface area contributed by atoms with E-state index in [-0.39, 0.29) is 0 Å². The molecule has 0 bridgehead atoms. The van der Waals surface area contributed by atoms with Crippen molar-refractivity contribution in [2.75, 3.05) is 4.90 Å². The van der Waals surface area contributed by atoms with E-state index in [1.807, 2.05) is 18.5 Å². The Morgan fingerprint density at radius 1 is 0.383 bits per heavy atom. The molecule has 0 amide bonds. The van der Waals surface area contributed by atoms with E-state index < -0.39 is 10.8 Å². The fourth-order valence-corrected chi connectivity index (χ4v) is 10.7. The van der Waals surface area contributed by atoms with Crippen LogP contribution in [0.25, 0.3) is 33.2 Å². The molecule has 12 rings (SSSR count). The second-order valence-corrected chi connectivity index (χ2v) is 15.8. The number of nitrogens with zero attached hydrogens (tertiary/aromatic N) is 2. The molecule has 0 atom stereocenters. The highest BCUT2D eigenvalue weighted by Gasteiger charge is 2.49. The first-order chi connectivity index (χ1) is 29.8. The number of hydrogen-bond acceptors (Lipinski definition) is 3. The number of pyridine rings is 1. The topological polar surface area (TPSA) is 29.3 Å². The van der Waals surface area contributed by atoms with Crippen molar-refractivity contribution in [3.63, 3.8) is 0 Å². The minimum absolute atomic E-state index is 0.508. The Balaban J connectivity index is 1.19.